The van der Waals surface area contributed by atoms with E-state index in [0.29, 0.717) is 0 Å². The summed E-state index contributed by atoms with van der Waals surface area (Å²) in [6, 6.07) is 0. The van der Waals surface area contributed by atoms with Gasteiger partial charge in [-0.2, -0.15) is 0 Å². The molecule has 0 N–H and O–H groups in total. The van der Waals surface area contributed by atoms with Crippen molar-refractivity contribution in [2.24, 2.45) is 0 Å². The third kappa shape index (κ3) is 0.956. The van der Waals surface area contributed by atoms with E-state index in [1.807, 2.05) is 10.6 Å². The van der Waals surface area contributed by atoms with E-state index in [1.54, 1.807) is 18.5 Å². The van der Waals surface area contributed by atoms with Gasteiger partial charge in [0, 0.05) is 12.4 Å². The van der Waals surface area contributed by atoms with Gasteiger partial charge in [0.1, 0.15) is 10.3 Å². The molecule has 3 nitrogen and oxygen atoms in total. The van der Waals surface area contributed by atoms with Gasteiger partial charge < -0.3 is 0 Å². The van der Waals surface area contributed by atoms with Crippen LogP contribution < -0.4 is 0 Å². The molecule has 0 spiro atoms. The smallest absolute Gasteiger partial charge is 0.163 e. The van der Waals surface area contributed by atoms with E-state index in [2.05, 4.69) is 32.5 Å². The summed E-state index contributed by atoms with van der Waals surface area (Å²) in [5, 5.41) is 0. The maximum absolute atomic E-state index is 4.17. The maximum atomic E-state index is 4.17. The Morgan fingerprint density at radius 1 is 1.50 bits per heavy atom. The van der Waals surface area contributed by atoms with Crippen LogP contribution in [0.2, 0.25) is 0 Å². The number of aromatic nitrogens is 3. The highest BCUT2D eigenvalue weighted by Crippen LogP contribution is 2.14. The molecule has 0 aromatic carbocycles. The summed E-state index contributed by atoms with van der Waals surface area (Å²) in [4.78, 5) is 8.29. The molecule has 0 aliphatic rings. The van der Waals surface area contributed by atoms with Crippen molar-refractivity contribution in [3.63, 3.8) is 0 Å². The molecule has 2 aromatic heterocycles. The molecule has 0 unspecified atom stereocenters. The van der Waals surface area contributed by atoms with Crippen LogP contribution in [0.25, 0.3) is 11.7 Å². The average molecular weight is 224 g/mol. The van der Waals surface area contributed by atoms with E-state index in [-0.39, 0.29) is 0 Å². The summed E-state index contributed by atoms with van der Waals surface area (Å²) in [6.45, 7) is 3.66. The molecule has 4 heteroatoms. The van der Waals surface area contributed by atoms with Crippen LogP contribution in [0.5, 0.6) is 0 Å². The molecule has 60 valence electrons. The number of imidazole rings is 1. The summed E-state index contributed by atoms with van der Waals surface area (Å²) in [6.07, 6.45) is 6.99. The van der Waals surface area contributed by atoms with Crippen LogP contribution in [0, 0.1) is 0 Å². The van der Waals surface area contributed by atoms with Crippen LogP contribution in [0.15, 0.2) is 29.8 Å². The summed E-state index contributed by atoms with van der Waals surface area (Å²) in [5.74, 6) is 0. The highest BCUT2D eigenvalue weighted by Gasteiger charge is 2.02. The van der Waals surface area contributed by atoms with E-state index >= 15 is 0 Å². The summed E-state index contributed by atoms with van der Waals surface area (Å²) >= 11 is 3.37. The lowest BCUT2D eigenvalue weighted by Crippen LogP contribution is -1.90. The molecule has 2 aromatic rings. The predicted octanol–water partition coefficient (Wildman–Crippen LogP) is 2.13. The second kappa shape index (κ2) is 2.71. The largest absolute Gasteiger partial charge is 0.291 e. The van der Waals surface area contributed by atoms with Crippen molar-refractivity contribution in [1.82, 2.24) is 14.4 Å². The van der Waals surface area contributed by atoms with E-state index in [1.165, 1.54) is 0 Å². The molecule has 0 aliphatic heterocycles. The second-order valence-corrected chi connectivity index (χ2v) is 3.10. The van der Waals surface area contributed by atoms with Crippen molar-refractivity contribution < 1.29 is 0 Å². The predicted molar refractivity (Wildman–Crippen MR) is 50.8 cm³/mol. The lowest BCUT2D eigenvalue weighted by Gasteiger charge is -1.96. The zero-order valence-electron chi connectivity index (χ0n) is 6.24. The lowest BCUT2D eigenvalue weighted by molar-refractivity contribution is 1.09. The number of rotatable bonds is 1. The second-order valence-electron chi connectivity index (χ2n) is 2.29. The minimum Gasteiger partial charge on any atom is -0.291 e. The van der Waals surface area contributed by atoms with Crippen molar-refractivity contribution in [1.29, 1.82) is 0 Å². The Morgan fingerprint density at radius 3 is 3.08 bits per heavy atom. The van der Waals surface area contributed by atoms with Gasteiger partial charge in [0.05, 0.1) is 6.20 Å². The molecule has 0 atom stereocenters. The maximum Gasteiger partial charge on any atom is 0.163 e. The highest BCUT2D eigenvalue weighted by atomic mass is 79.9. The molecule has 12 heavy (non-hydrogen) atoms. The van der Waals surface area contributed by atoms with Crippen molar-refractivity contribution in [2.45, 2.75) is 0 Å². The minimum atomic E-state index is 0.795. The molecule has 0 saturated carbocycles. The van der Waals surface area contributed by atoms with E-state index in [0.717, 1.165) is 15.9 Å². The summed E-state index contributed by atoms with van der Waals surface area (Å²) in [5.41, 5.74) is 1.61. The van der Waals surface area contributed by atoms with Crippen LogP contribution in [0.1, 0.15) is 5.69 Å². The number of hydrogen-bond acceptors (Lipinski definition) is 2. The Balaban J connectivity index is 2.89. The third-order valence-corrected chi connectivity index (χ3v) is 2.19. The molecule has 0 bridgehead atoms. The molecule has 0 radical (unpaired) electrons. The Kier molecular flexibility index (Phi) is 1.69. The monoisotopic (exact) mass is 223 g/mol. The van der Waals surface area contributed by atoms with Gasteiger partial charge in [0.15, 0.2) is 5.65 Å². The molecular weight excluding hydrogens is 218 g/mol. The highest BCUT2D eigenvalue weighted by molar-refractivity contribution is 9.10. The number of fused-ring (bicyclic) bond motifs is 1. The standard InChI is InChI=1S/C8H6BrN3/c1-2-6-8-11-5-7(9)12(8)4-3-10-6/h2-5H,1H2. The van der Waals surface area contributed by atoms with Gasteiger partial charge in [-0.3, -0.25) is 9.38 Å². The lowest BCUT2D eigenvalue weighted by atomic mass is 10.4. The Labute approximate surface area is 77.9 Å². The fourth-order valence-electron chi connectivity index (χ4n) is 1.05. The van der Waals surface area contributed by atoms with Crippen molar-refractivity contribution >= 4 is 27.7 Å². The summed E-state index contributed by atoms with van der Waals surface area (Å²) < 4.78 is 2.83. The van der Waals surface area contributed by atoms with E-state index in [4.69, 9.17) is 0 Å². The topological polar surface area (TPSA) is 30.2 Å². The Hall–Kier alpha value is -1.16. The first-order valence-corrected chi connectivity index (χ1v) is 4.22. The number of halogens is 1. The summed E-state index contributed by atoms with van der Waals surface area (Å²) in [7, 11) is 0. The van der Waals surface area contributed by atoms with Gasteiger partial charge in [-0.05, 0) is 22.0 Å². The van der Waals surface area contributed by atoms with Gasteiger partial charge >= 0.3 is 0 Å². The normalized spacial score (nSPS) is 10.4. The molecule has 2 rings (SSSR count). The zero-order chi connectivity index (χ0) is 8.55. The van der Waals surface area contributed by atoms with Gasteiger partial charge in [-0.25, -0.2) is 4.98 Å². The number of nitrogens with zero attached hydrogens (tertiary/aromatic N) is 3. The van der Waals surface area contributed by atoms with Crippen molar-refractivity contribution in [3.8, 4) is 0 Å². The number of hydrogen-bond donors (Lipinski definition) is 0. The first-order valence-electron chi connectivity index (χ1n) is 3.43. The molecule has 0 amide bonds. The Morgan fingerprint density at radius 2 is 2.33 bits per heavy atom. The van der Waals surface area contributed by atoms with E-state index < -0.39 is 0 Å². The zero-order valence-corrected chi connectivity index (χ0v) is 7.82. The van der Waals surface area contributed by atoms with Gasteiger partial charge in [0.2, 0.25) is 0 Å². The molecular formula is C8H6BrN3. The van der Waals surface area contributed by atoms with Crippen LogP contribution in [-0.4, -0.2) is 14.4 Å². The van der Waals surface area contributed by atoms with Crippen LogP contribution in [-0.2, 0) is 0 Å². The van der Waals surface area contributed by atoms with Gasteiger partial charge in [-0.15, -0.1) is 0 Å². The first kappa shape index (κ1) is 7.49. The third-order valence-electron chi connectivity index (χ3n) is 1.60. The van der Waals surface area contributed by atoms with Gasteiger partial charge in [0.25, 0.3) is 0 Å². The molecule has 0 aliphatic carbocycles. The van der Waals surface area contributed by atoms with Gasteiger partial charge in [-0.1, -0.05) is 6.58 Å². The quantitative estimate of drug-likeness (QED) is 0.742. The van der Waals surface area contributed by atoms with E-state index in [9.17, 15) is 0 Å². The molecule has 0 saturated heterocycles. The molecule has 0 fully saturated rings. The first-order chi connectivity index (χ1) is 5.83. The SMILES string of the molecule is C=Cc1nccn2c(Br)cnc12. The van der Waals surface area contributed by atoms with Crippen LogP contribution in [0.4, 0.5) is 0 Å². The molecule has 2 heterocycles. The van der Waals surface area contributed by atoms with Crippen molar-refractivity contribution in [2.75, 3.05) is 0 Å². The minimum absolute atomic E-state index is 0.795. The van der Waals surface area contributed by atoms with Crippen molar-refractivity contribution in [3.05, 3.63) is 35.5 Å². The Bertz CT molecular complexity index is 433. The fraction of sp³-hybridized carbons (Fsp3) is 0. The average Bonchev–Trinajstić information content (AvgIpc) is 2.48. The van der Waals surface area contributed by atoms with Crippen LogP contribution >= 0.6 is 15.9 Å². The fourth-order valence-corrected chi connectivity index (χ4v) is 1.44. The van der Waals surface area contributed by atoms with Crippen LogP contribution in [0.3, 0.4) is 0 Å².